The average molecular weight is 233 g/mol. The van der Waals surface area contributed by atoms with Crippen LogP contribution >= 0.6 is 0 Å². The molecule has 1 saturated heterocycles. The van der Waals surface area contributed by atoms with E-state index in [1.807, 2.05) is 0 Å². The number of hydrogen-bond acceptors (Lipinski definition) is 2. The highest BCUT2D eigenvalue weighted by molar-refractivity contribution is 5.20. The molecule has 2 heterocycles. The molecule has 94 valence electrons. The summed E-state index contributed by atoms with van der Waals surface area (Å²) in [5.41, 5.74) is 2.80. The van der Waals surface area contributed by atoms with Crippen molar-refractivity contribution in [2.45, 2.75) is 51.4 Å². The van der Waals surface area contributed by atoms with Gasteiger partial charge in [0.2, 0.25) is 0 Å². The molecule has 0 bridgehead atoms. The van der Waals surface area contributed by atoms with Gasteiger partial charge in [-0.25, -0.2) is 4.98 Å². The van der Waals surface area contributed by atoms with Gasteiger partial charge in [-0.2, -0.15) is 0 Å². The summed E-state index contributed by atoms with van der Waals surface area (Å²) >= 11 is 0. The summed E-state index contributed by atoms with van der Waals surface area (Å²) in [5, 5.41) is 3.33. The molecule has 2 aliphatic rings. The van der Waals surface area contributed by atoms with Crippen LogP contribution in [0, 0.1) is 5.92 Å². The van der Waals surface area contributed by atoms with Crippen LogP contribution in [0.1, 0.15) is 55.7 Å². The highest BCUT2D eigenvalue weighted by atomic mass is 15.0. The van der Waals surface area contributed by atoms with Crippen LogP contribution in [-0.2, 0) is 12.8 Å². The number of aryl methyl sites for hydroxylation is 1. The molecule has 1 aromatic rings. The fourth-order valence-electron chi connectivity index (χ4n) is 3.15. The van der Waals surface area contributed by atoms with E-state index < -0.39 is 0 Å². The first kappa shape index (κ1) is 11.3. The summed E-state index contributed by atoms with van der Waals surface area (Å²) in [6, 6.07) is 0. The van der Waals surface area contributed by atoms with Gasteiger partial charge in [-0.1, -0.05) is 19.8 Å². The second-order valence-electron chi connectivity index (χ2n) is 5.61. The van der Waals surface area contributed by atoms with Crippen LogP contribution in [-0.4, -0.2) is 23.1 Å². The van der Waals surface area contributed by atoms with Crippen molar-refractivity contribution < 1.29 is 0 Å². The third-order valence-corrected chi connectivity index (χ3v) is 4.30. The monoisotopic (exact) mass is 233 g/mol. The minimum atomic E-state index is 0.745. The molecular formula is C14H23N3. The lowest BCUT2D eigenvalue weighted by atomic mass is 9.99. The van der Waals surface area contributed by atoms with Crippen LogP contribution in [0.4, 0.5) is 0 Å². The molecule has 2 fully saturated rings. The van der Waals surface area contributed by atoms with E-state index in [1.165, 1.54) is 56.0 Å². The lowest BCUT2D eigenvalue weighted by Crippen LogP contribution is -2.43. The molecule has 1 saturated carbocycles. The van der Waals surface area contributed by atoms with E-state index >= 15 is 0 Å². The van der Waals surface area contributed by atoms with E-state index in [0.29, 0.717) is 0 Å². The fraction of sp³-hybridized carbons (Fsp3) is 0.786. The summed E-state index contributed by atoms with van der Waals surface area (Å²) in [6.07, 6.45) is 7.71. The maximum absolute atomic E-state index is 4.90. The Morgan fingerprint density at radius 3 is 2.59 bits per heavy atom. The largest absolute Gasteiger partial charge is 0.346 e. The molecule has 3 rings (SSSR count). The molecule has 0 amide bonds. The number of imidazole rings is 1. The van der Waals surface area contributed by atoms with Gasteiger partial charge in [-0.3, -0.25) is 0 Å². The molecule has 1 aromatic heterocycles. The van der Waals surface area contributed by atoms with Crippen LogP contribution in [0.5, 0.6) is 0 Å². The zero-order valence-electron chi connectivity index (χ0n) is 10.8. The third kappa shape index (κ3) is 2.25. The number of nitrogens with zero attached hydrogens (tertiary/aromatic N) is 1. The van der Waals surface area contributed by atoms with Crippen molar-refractivity contribution in [1.29, 1.82) is 0 Å². The highest BCUT2D eigenvalue weighted by Crippen LogP contribution is 2.35. The maximum atomic E-state index is 4.90. The topological polar surface area (TPSA) is 40.7 Å². The lowest BCUT2D eigenvalue weighted by Gasteiger charge is -2.25. The van der Waals surface area contributed by atoms with Gasteiger partial charge in [0, 0.05) is 18.0 Å². The van der Waals surface area contributed by atoms with Gasteiger partial charge in [0.1, 0.15) is 5.82 Å². The molecule has 0 aromatic carbocycles. The number of nitrogens with one attached hydrogen (secondary N) is 2. The quantitative estimate of drug-likeness (QED) is 0.838. The zero-order chi connectivity index (χ0) is 11.7. The summed E-state index contributed by atoms with van der Waals surface area (Å²) in [6.45, 7) is 4.57. The van der Waals surface area contributed by atoms with Crippen LogP contribution in [0.3, 0.4) is 0 Å². The Labute approximate surface area is 103 Å². The standard InChI is InChI=1S/C14H23N3/c1-2-12-14(11-5-3-4-6-11)17-13(16-12)7-10-8-15-9-10/h10-11,15H,2-9H2,1H3,(H,16,17). The Balaban J connectivity index is 1.76. The Morgan fingerprint density at radius 2 is 2.00 bits per heavy atom. The maximum Gasteiger partial charge on any atom is 0.106 e. The third-order valence-electron chi connectivity index (χ3n) is 4.30. The normalized spacial score (nSPS) is 21.9. The number of hydrogen-bond donors (Lipinski definition) is 2. The van der Waals surface area contributed by atoms with Gasteiger partial charge in [0.15, 0.2) is 0 Å². The van der Waals surface area contributed by atoms with E-state index in [0.717, 1.165) is 24.7 Å². The number of H-pyrrole nitrogens is 1. The van der Waals surface area contributed by atoms with Crippen molar-refractivity contribution in [3.63, 3.8) is 0 Å². The molecule has 0 radical (unpaired) electrons. The van der Waals surface area contributed by atoms with Crippen LogP contribution in [0.2, 0.25) is 0 Å². The molecule has 1 aliphatic heterocycles. The van der Waals surface area contributed by atoms with Crippen molar-refractivity contribution >= 4 is 0 Å². The number of aromatic amines is 1. The molecule has 17 heavy (non-hydrogen) atoms. The number of rotatable bonds is 4. The van der Waals surface area contributed by atoms with Gasteiger partial charge in [0.05, 0.1) is 5.69 Å². The number of aromatic nitrogens is 2. The van der Waals surface area contributed by atoms with Crippen LogP contribution < -0.4 is 5.32 Å². The summed E-state index contributed by atoms with van der Waals surface area (Å²) in [5.74, 6) is 2.78. The molecule has 0 atom stereocenters. The highest BCUT2D eigenvalue weighted by Gasteiger charge is 2.24. The van der Waals surface area contributed by atoms with Gasteiger partial charge in [0.25, 0.3) is 0 Å². The molecule has 3 nitrogen and oxygen atoms in total. The summed E-state index contributed by atoms with van der Waals surface area (Å²) in [4.78, 5) is 8.47. The molecule has 2 N–H and O–H groups in total. The smallest absolute Gasteiger partial charge is 0.106 e. The first-order chi connectivity index (χ1) is 8.36. The van der Waals surface area contributed by atoms with E-state index in [-0.39, 0.29) is 0 Å². The summed E-state index contributed by atoms with van der Waals surface area (Å²) < 4.78 is 0. The van der Waals surface area contributed by atoms with Crippen molar-refractivity contribution in [2.24, 2.45) is 5.92 Å². The van der Waals surface area contributed by atoms with Gasteiger partial charge < -0.3 is 10.3 Å². The van der Waals surface area contributed by atoms with Crippen molar-refractivity contribution in [3.8, 4) is 0 Å². The minimum absolute atomic E-state index is 0.745. The first-order valence-corrected chi connectivity index (χ1v) is 7.15. The van der Waals surface area contributed by atoms with Crippen LogP contribution in [0.25, 0.3) is 0 Å². The molecular weight excluding hydrogens is 210 g/mol. The molecule has 0 unspecified atom stereocenters. The Kier molecular flexibility index (Phi) is 3.19. The van der Waals surface area contributed by atoms with E-state index in [4.69, 9.17) is 4.98 Å². The predicted molar refractivity (Wildman–Crippen MR) is 69.2 cm³/mol. The van der Waals surface area contributed by atoms with Crippen molar-refractivity contribution in [2.75, 3.05) is 13.1 Å². The van der Waals surface area contributed by atoms with E-state index in [2.05, 4.69) is 17.2 Å². The lowest BCUT2D eigenvalue weighted by molar-refractivity contribution is 0.341. The Morgan fingerprint density at radius 1 is 1.24 bits per heavy atom. The van der Waals surface area contributed by atoms with Crippen molar-refractivity contribution in [1.82, 2.24) is 15.3 Å². The summed E-state index contributed by atoms with van der Waals surface area (Å²) in [7, 11) is 0. The Hall–Kier alpha value is -0.830. The van der Waals surface area contributed by atoms with Crippen LogP contribution in [0.15, 0.2) is 0 Å². The fourth-order valence-corrected chi connectivity index (χ4v) is 3.15. The SMILES string of the molecule is CCc1[nH]c(CC2CNC2)nc1C1CCCC1. The van der Waals surface area contributed by atoms with Gasteiger partial charge in [-0.05, 0) is 38.3 Å². The molecule has 0 spiro atoms. The average Bonchev–Trinajstić information content (AvgIpc) is 2.91. The predicted octanol–water partition coefficient (Wildman–Crippen LogP) is 2.39. The van der Waals surface area contributed by atoms with Gasteiger partial charge >= 0.3 is 0 Å². The Bertz CT molecular complexity index is 373. The van der Waals surface area contributed by atoms with Gasteiger partial charge in [-0.15, -0.1) is 0 Å². The minimum Gasteiger partial charge on any atom is -0.346 e. The second kappa shape index (κ2) is 4.81. The zero-order valence-corrected chi connectivity index (χ0v) is 10.8. The van der Waals surface area contributed by atoms with Crippen molar-refractivity contribution in [3.05, 3.63) is 17.2 Å². The second-order valence-corrected chi connectivity index (χ2v) is 5.61. The van der Waals surface area contributed by atoms with E-state index in [9.17, 15) is 0 Å². The first-order valence-electron chi connectivity index (χ1n) is 7.15. The molecule has 1 aliphatic carbocycles. The molecule has 3 heteroatoms. The van der Waals surface area contributed by atoms with E-state index in [1.54, 1.807) is 0 Å².